The zero-order valence-electron chi connectivity index (χ0n) is 8.57. The molecule has 14 heavy (non-hydrogen) atoms. The van der Waals surface area contributed by atoms with Crippen LogP contribution in [0.3, 0.4) is 0 Å². The molecule has 0 aromatic heterocycles. The Balaban J connectivity index is 2.78. The third kappa shape index (κ3) is 2.89. The summed E-state index contributed by atoms with van der Waals surface area (Å²) in [5, 5.41) is 0. The first-order chi connectivity index (χ1) is 6.77. The molecule has 2 N–H and O–H groups in total. The molecule has 1 atom stereocenters. The summed E-state index contributed by atoms with van der Waals surface area (Å²) in [6, 6.07) is 7.96. The highest BCUT2D eigenvalue weighted by Crippen LogP contribution is 2.19. The van der Waals surface area contributed by atoms with Gasteiger partial charge in [-0.15, -0.1) is 0 Å². The van der Waals surface area contributed by atoms with Crippen LogP contribution in [0.2, 0.25) is 0 Å². The molecule has 0 radical (unpaired) electrons. The van der Waals surface area contributed by atoms with Gasteiger partial charge in [0.15, 0.2) is 0 Å². The van der Waals surface area contributed by atoms with Gasteiger partial charge in [0, 0.05) is 0 Å². The number of rotatable bonds is 5. The second-order valence-corrected chi connectivity index (χ2v) is 3.21. The summed E-state index contributed by atoms with van der Waals surface area (Å²) in [4.78, 5) is 0. The van der Waals surface area contributed by atoms with E-state index in [1.54, 1.807) is 6.08 Å². The van der Waals surface area contributed by atoms with Crippen LogP contribution in [0.15, 0.2) is 36.9 Å². The highest BCUT2D eigenvalue weighted by Gasteiger charge is 2.04. The molecule has 0 aliphatic heterocycles. The Bertz CT molecular complexity index is 296. The Hall–Kier alpha value is -1.28. The van der Waals surface area contributed by atoms with E-state index in [-0.39, 0.29) is 6.10 Å². The van der Waals surface area contributed by atoms with Gasteiger partial charge in [-0.2, -0.15) is 0 Å². The van der Waals surface area contributed by atoms with E-state index >= 15 is 0 Å². The molecule has 0 aliphatic carbocycles. The van der Waals surface area contributed by atoms with Crippen LogP contribution in [-0.4, -0.2) is 12.6 Å². The van der Waals surface area contributed by atoms with Gasteiger partial charge in [-0.3, -0.25) is 0 Å². The Morgan fingerprint density at radius 1 is 1.50 bits per heavy atom. The van der Waals surface area contributed by atoms with E-state index in [1.807, 2.05) is 31.2 Å². The van der Waals surface area contributed by atoms with E-state index in [0.717, 1.165) is 17.7 Å². The largest absolute Gasteiger partial charge is 0.486 e. The van der Waals surface area contributed by atoms with Crippen LogP contribution >= 0.6 is 0 Å². The van der Waals surface area contributed by atoms with Crippen molar-refractivity contribution in [2.45, 2.75) is 19.4 Å². The smallest absolute Gasteiger partial charge is 0.123 e. The predicted octanol–water partition coefficient (Wildman–Crippen LogP) is 2.14. The van der Waals surface area contributed by atoms with Crippen molar-refractivity contribution in [1.82, 2.24) is 0 Å². The van der Waals surface area contributed by atoms with Crippen LogP contribution in [0.4, 0.5) is 0 Å². The van der Waals surface area contributed by atoms with Crippen molar-refractivity contribution in [2.75, 3.05) is 6.54 Å². The lowest BCUT2D eigenvalue weighted by molar-refractivity contribution is 0.267. The van der Waals surface area contributed by atoms with E-state index in [1.165, 1.54) is 0 Å². The van der Waals surface area contributed by atoms with Gasteiger partial charge in [0.25, 0.3) is 0 Å². The Kier molecular flexibility index (Phi) is 4.20. The van der Waals surface area contributed by atoms with E-state index in [4.69, 9.17) is 10.5 Å². The van der Waals surface area contributed by atoms with Crippen molar-refractivity contribution in [2.24, 2.45) is 5.73 Å². The first-order valence-electron chi connectivity index (χ1n) is 4.85. The normalized spacial score (nSPS) is 12.1. The fourth-order valence-corrected chi connectivity index (χ4v) is 1.23. The van der Waals surface area contributed by atoms with E-state index < -0.39 is 0 Å². The van der Waals surface area contributed by atoms with Gasteiger partial charge < -0.3 is 10.5 Å². The molecular formula is C12H17NO. The minimum absolute atomic E-state index is 0.0360. The number of nitrogens with two attached hydrogens (primary N) is 1. The summed E-state index contributed by atoms with van der Waals surface area (Å²) in [7, 11) is 0. The molecule has 1 aromatic carbocycles. The minimum Gasteiger partial charge on any atom is -0.486 e. The van der Waals surface area contributed by atoms with Crippen molar-refractivity contribution < 1.29 is 4.74 Å². The standard InChI is InChI=1S/C12H17NO/c1-3-10(2)14-12-7-5-4-6-11(12)8-9-13/h3-7,10H,1,8-9,13H2,2H3. The van der Waals surface area contributed by atoms with Crippen LogP contribution in [0.25, 0.3) is 0 Å². The summed E-state index contributed by atoms with van der Waals surface area (Å²) in [5.41, 5.74) is 6.67. The molecular weight excluding hydrogens is 174 g/mol. The summed E-state index contributed by atoms with van der Waals surface area (Å²) in [5.74, 6) is 0.908. The number of hydrogen-bond acceptors (Lipinski definition) is 2. The van der Waals surface area contributed by atoms with Gasteiger partial charge in [-0.1, -0.05) is 30.9 Å². The topological polar surface area (TPSA) is 35.2 Å². The van der Waals surface area contributed by atoms with Gasteiger partial charge in [0.1, 0.15) is 11.9 Å². The molecule has 0 bridgehead atoms. The quantitative estimate of drug-likeness (QED) is 0.724. The number of ether oxygens (including phenoxy) is 1. The molecule has 1 aromatic rings. The molecule has 1 rings (SSSR count). The lowest BCUT2D eigenvalue weighted by atomic mass is 10.1. The van der Waals surface area contributed by atoms with Crippen LogP contribution in [0.1, 0.15) is 12.5 Å². The summed E-state index contributed by atoms with van der Waals surface area (Å²) >= 11 is 0. The van der Waals surface area contributed by atoms with Crippen molar-refractivity contribution >= 4 is 0 Å². The van der Waals surface area contributed by atoms with Crippen LogP contribution in [0, 0.1) is 0 Å². The number of benzene rings is 1. The minimum atomic E-state index is 0.0360. The molecule has 0 amide bonds. The molecule has 0 saturated heterocycles. The Morgan fingerprint density at radius 2 is 2.21 bits per heavy atom. The van der Waals surface area contributed by atoms with Crippen molar-refractivity contribution in [3.05, 3.63) is 42.5 Å². The number of para-hydroxylation sites is 1. The van der Waals surface area contributed by atoms with E-state index in [2.05, 4.69) is 6.58 Å². The van der Waals surface area contributed by atoms with E-state index in [0.29, 0.717) is 6.54 Å². The summed E-state index contributed by atoms with van der Waals surface area (Å²) < 4.78 is 5.67. The van der Waals surface area contributed by atoms with Gasteiger partial charge in [0.05, 0.1) is 0 Å². The fourth-order valence-electron chi connectivity index (χ4n) is 1.23. The molecule has 0 spiro atoms. The molecule has 0 fully saturated rings. The zero-order valence-corrected chi connectivity index (χ0v) is 8.57. The van der Waals surface area contributed by atoms with Crippen LogP contribution in [-0.2, 0) is 6.42 Å². The lowest BCUT2D eigenvalue weighted by Crippen LogP contribution is -2.10. The Labute approximate surface area is 85.4 Å². The highest BCUT2D eigenvalue weighted by atomic mass is 16.5. The maximum Gasteiger partial charge on any atom is 0.123 e. The SMILES string of the molecule is C=CC(C)Oc1ccccc1CCN. The maximum atomic E-state index is 5.67. The van der Waals surface area contributed by atoms with Gasteiger partial charge >= 0.3 is 0 Å². The summed E-state index contributed by atoms with van der Waals surface area (Å²) in [6.45, 7) is 6.29. The predicted molar refractivity (Wildman–Crippen MR) is 59.5 cm³/mol. The van der Waals surface area contributed by atoms with E-state index in [9.17, 15) is 0 Å². The van der Waals surface area contributed by atoms with Crippen molar-refractivity contribution in [3.8, 4) is 5.75 Å². The van der Waals surface area contributed by atoms with Gasteiger partial charge in [0.2, 0.25) is 0 Å². The van der Waals surface area contributed by atoms with Gasteiger partial charge in [-0.05, 0) is 31.5 Å². The van der Waals surface area contributed by atoms with Crippen LogP contribution < -0.4 is 10.5 Å². The average Bonchev–Trinajstić information content (AvgIpc) is 2.21. The molecule has 0 aliphatic rings. The monoisotopic (exact) mass is 191 g/mol. The molecule has 1 unspecified atom stereocenters. The third-order valence-corrected chi connectivity index (χ3v) is 2.03. The maximum absolute atomic E-state index is 5.67. The second kappa shape index (κ2) is 5.45. The van der Waals surface area contributed by atoms with Crippen LogP contribution in [0.5, 0.6) is 5.75 Å². The Morgan fingerprint density at radius 3 is 2.86 bits per heavy atom. The van der Waals surface area contributed by atoms with Gasteiger partial charge in [-0.25, -0.2) is 0 Å². The lowest BCUT2D eigenvalue weighted by Gasteiger charge is -2.13. The van der Waals surface area contributed by atoms with Crippen molar-refractivity contribution in [1.29, 1.82) is 0 Å². The number of hydrogen-bond donors (Lipinski definition) is 1. The molecule has 0 saturated carbocycles. The third-order valence-electron chi connectivity index (χ3n) is 2.03. The second-order valence-electron chi connectivity index (χ2n) is 3.21. The summed E-state index contributed by atoms with van der Waals surface area (Å²) in [6.07, 6.45) is 2.66. The zero-order chi connectivity index (χ0) is 10.4. The molecule has 2 nitrogen and oxygen atoms in total. The molecule has 0 heterocycles. The fraction of sp³-hybridized carbons (Fsp3) is 0.333. The first kappa shape index (κ1) is 10.8. The molecule has 76 valence electrons. The highest BCUT2D eigenvalue weighted by molar-refractivity contribution is 5.33. The molecule has 2 heteroatoms. The first-order valence-corrected chi connectivity index (χ1v) is 4.85. The average molecular weight is 191 g/mol. The van der Waals surface area contributed by atoms with Crippen molar-refractivity contribution in [3.63, 3.8) is 0 Å².